The lowest BCUT2D eigenvalue weighted by atomic mass is 10.1. The van der Waals surface area contributed by atoms with Gasteiger partial charge in [0.1, 0.15) is 5.78 Å². The minimum Gasteiger partial charge on any atom is -0.300 e. The zero-order valence-corrected chi connectivity index (χ0v) is 8.21. The molecule has 0 aliphatic carbocycles. The fraction of sp³-hybridized carbons (Fsp3) is 0.455. The first kappa shape index (κ1) is 9.90. The van der Waals surface area contributed by atoms with Crippen LogP contribution in [0.2, 0.25) is 0 Å². The van der Waals surface area contributed by atoms with Gasteiger partial charge in [-0.05, 0) is 31.4 Å². The van der Waals surface area contributed by atoms with Gasteiger partial charge in [-0.2, -0.15) is 0 Å². The van der Waals surface area contributed by atoms with Crippen LogP contribution in [0.3, 0.4) is 0 Å². The number of Topliss-reactive ketones (excluding diaryl/α,β-unsaturated/α-hetero) is 1. The Kier molecular flexibility index (Phi) is 3.62. The van der Waals surface area contributed by atoms with Crippen molar-refractivity contribution >= 4 is 5.78 Å². The van der Waals surface area contributed by atoms with E-state index in [0.717, 1.165) is 18.5 Å². The van der Waals surface area contributed by atoms with E-state index in [1.54, 1.807) is 6.92 Å². The average Bonchev–Trinajstić information content (AvgIpc) is 2.15. The summed E-state index contributed by atoms with van der Waals surface area (Å²) < 4.78 is 0. The van der Waals surface area contributed by atoms with E-state index in [9.17, 15) is 4.79 Å². The Labute approximate surface area is 79.0 Å². The predicted molar refractivity (Wildman–Crippen MR) is 52.6 cm³/mol. The first-order chi connectivity index (χ1) is 6.22. The summed E-state index contributed by atoms with van der Waals surface area (Å²) in [6.07, 6.45) is 4.26. The lowest BCUT2D eigenvalue weighted by Crippen LogP contribution is -1.96. The fourth-order valence-corrected chi connectivity index (χ4v) is 1.12. The summed E-state index contributed by atoms with van der Waals surface area (Å²) >= 11 is 0. The smallest absolute Gasteiger partial charge is 0.130 e. The van der Waals surface area contributed by atoms with E-state index in [-0.39, 0.29) is 5.78 Å². The van der Waals surface area contributed by atoms with Gasteiger partial charge >= 0.3 is 0 Å². The molecule has 1 rings (SSSR count). The maximum atomic E-state index is 10.7. The molecule has 0 aliphatic rings. The molecule has 0 aliphatic heterocycles. The van der Waals surface area contributed by atoms with Crippen LogP contribution in [0.25, 0.3) is 0 Å². The summed E-state index contributed by atoms with van der Waals surface area (Å²) in [5, 5.41) is 0. The largest absolute Gasteiger partial charge is 0.300 e. The maximum Gasteiger partial charge on any atom is 0.130 e. The van der Waals surface area contributed by atoms with E-state index >= 15 is 0 Å². The van der Waals surface area contributed by atoms with E-state index in [1.807, 2.05) is 12.3 Å². The van der Waals surface area contributed by atoms with Gasteiger partial charge in [0.25, 0.3) is 0 Å². The number of ketones is 1. The Hall–Kier alpha value is -1.18. The second-order valence-electron chi connectivity index (χ2n) is 3.21. The van der Waals surface area contributed by atoms with Crippen molar-refractivity contribution in [1.82, 2.24) is 4.98 Å². The zero-order valence-electron chi connectivity index (χ0n) is 8.21. The van der Waals surface area contributed by atoms with Gasteiger partial charge < -0.3 is 4.79 Å². The molecule has 1 aromatic heterocycles. The summed E-state index contributed by atoms with van der Waals surface area (Å²) in [7, 11) is 0. The molecule has 0 spiro atoms. The average molecular weight is 177 g/mol. The highest BCUT2D eigenvalue weighted by Crippen LogP contribution is 2.03. The van der Waals surface area contributed by atoms with Gasteiger partial charge in [-0.3, -0.25) is 4.98 Å². The topological polar surface area (TPSA) is 30.0 Å². The fourth-order valence-electron chi connectivity index (χ4n) is 1.12. The quantitative estimate of drug-likeness (QED) is 0.705. The molecule has 0 unspecified atom stereocenters. The van der Waals surface area contributed by atoms with Crippen molar-refractivity contribution in [3.63, 3.8) is 0 Å². The molecule has 0 amide bonds. The lowest BCUT2D eigenvalue weighted by molar-refractivity contribution is -0.116. The van der Waals surface area contributed by atoms with Crippen LogP contribution in [-0.2, 0) is 17.6 Å². The summed E-state index contributed by atoms with van der Waals surface area (Å²) in [6, 6.07) is 4.07. The highest BCUT2D eigenvalue weighted by Gasteiger charge is 1.97. The Morgan fingerprint density at radius 3 is 2.69 bits per heavy atom. The minimum absolute atomic E-state index is 0.223. The Morgan fingerprint density at radius 1 is 1.46 bits per heavy atom. The van der Waals surface area contributed by atoms with Crippen molar-refractivity contribution in [2.75, 3.05) is 0 Å². The molecule has 0 radical (unpaired) electrons. The van der Waals surface area contributed by atoms with E-state index in [1.165, 1.54) is 5.56 Å². The predicted octanol–water partition coefficient (Wildman–Crippen LogP) is 2.17. The molecule has 13 heavy (non-hydrogen) atoms. The monoisotopic (exact) mass is 177 g/mol. The summed E-state index contributed by atoms with van der Waals surface area (Å²) in [5.74, 6) is 0.223. The first-order valence-electron chi connectivity index (χ1n) is 4.65. The van der Waals surface area contributed by atoms with E-state index in [2.05, 4.69) is 18.0 Å². The van der Waals surface area contributed by atoms with Crippen LogP contribution < -0.4 is 0 Å². The SMILES string of the molecule is CCc1ccc(CCC(C)=O)nc1. The van der Waals surface area contributed by atoms with Crippen LogP contribution in [-0.4, -0.2) is 10.8 Å². The molecule has 0 fully saturated rings. The molecule has 0 bridgehead atoms. The number of hydrogen-bond acceptors (Lipinski definition) is 2. The molecule has 1 heterocycles. The van der Waals surface area contributed by atoms with Crippen LogP contribution in [0.1, 0.15) is 31.5 Å². The van der Waals surface area contributed by atoms with E-state index in [0.29, 0.717) is 6.42 Å². The molecule has 0 N–H and O–H groups in total. The number of rotatable bonds is 4. The Balaban J connectivity index is 2.54. The molecule has 0 saturated heterocycles. The molecule has 2 nitrogen and oxygen atoms in total. The summed E-state index contributed by atoms with van der Waals surface area (Å²) in [4.78, 5) is 15.0. The number of pyridine rings is 1. The van der Waals surface area contributed by atoms with E-state index in [4.69, 9.17) is 0 Å². The third-order valence-electron chi connectivity index (χ3n) is 2.03. The van der Waals surface area contributed by atoms with Crippen molar-refractivity contribution in [2.45, 2.75) is 33.1 Å². The van der Waals surface area contributed by atoms with Crippen LogP contribution in [0.4, 0.5) is 0 Å². The standard InChI is InChI=1S/C11H15NO/c1-3-10-5-7-11(12-8-10)6-4-9(2)13/h5,7-8H,3-4,6H2,1-2H3. The first-order valence-corrected chi connectivity index (χ1v) is 4.65. The lowest BCUT2D eigenvalue weighted by Gasteiger charge is -1.99. The van der Waals surface area contributed by atoms with Crippen molar-refractivity contribution in [3.05, 3.63) is 29.6 Å². The van der Waals surface area contributed by atoms with Crippen molar-refractivity contribution in [3.8, 4) is 0 Å². The van der Waals surface area contributed by atoms with Gasteiger partial charge in [-0.15, -0.1) is 0 Å². The van der Waals surface area contributed by atoms with Gasteiger partial charge in [0.05, 0.1) is 0 Å². The van der Waals surface area contributed by atoms with Crippen LogP contribution in [0, 0.1) is 0 Å². The third-order valence-corrected chi connectivity index (χ3v) is 2.03. The second-order valence-corrected chi connectivity index (χ2v) is 3.21. The van der Waals surface area contributed by atoms with Gasteiger partial charge in [0, 0.05) is 18.3 Å². The van der Waals surface area contributed by atoms with Crippen LogP contribution in [0.5, 0.6) is 0 Å². The number of carbonyl (C=O) groups is 1. The van der Waals surface area contributed by atoms with Crippen LogP contribution in [0.15, 0.2) is 18.3 Å². The number of carbonyl (C=O) groups excluding carboxylic acids is 1. The van der Waals surface area contributed by atoms with Gasteiger partial charge in [0.2, 0.25) is 0 Å². The van der Waals surface area contributed by atoms with Crippen LogP contribution >= 0.6 is 0 Å². The molecule has 70 valence electrons. The third kappa shape index (κ3) is 3.36. The van der Waals surface area contributed by atoms with Crippen molar-refractivity contribution in [2.24, 2.45) is 0 Å². The van der Waals surface area contributed by atoms with Crippen molar-refractivity contribution in [1.29, 1.82) is 0 Å². The number of nitrogens with zero attached hydrogens (tertiary/aromatic N) is 1. The highest BCUT2D eigenvalue weighted by molar-refractivity contribution is 5.75. The highest BCUT2D eigenvalue weighted by atomic mass is 16.1. The Morgan fingerprint density at radius 2 is 2.23 bits per heavy atom. The Bertz CT molecular complexity index is 277. The molecule has 0 atom stereocenters. The van der Waals surface area contributed by atoms with E-state index < -0.39 is 0 Å². The normalized spacial score (nSPS) is 10.0. The molecule has 1 aromatic rings. The molecule has 0 saturated carbocycles. The summed E-state index contributed by atoms with van der Waals surface area (Å²) in [5.41, 5.74) is 2.25. The molecule has 0 aromatic carbocycles. The van der Waals surface area contributed by atoms with Gasteiger partial charge in [-0.25, -0.2) is 0 Å². The van der Waals surface area contributed by atoms with Gasteiger partial charge in [0.15, 0.2) is 0 Å². The molecular weight excluding hydrogens is 162 g/mol. The number of aromatic nitrogens is 1. The van der Waals surface area contributed by atoms with Gasteiger partial charge in [-0.1, -0.05) is 13.0 Å². The number of aryl methyl sites for hydroxylation is 2. The number of hydrogen-bond donors (Lipinski definition) is 0. The second kappa shape index (κ2) is 4.75. The van der Waals surface area contributed by atoms with Crippen molar-refractivity contribution < 1.29 is 4.79 Å². The molecule has 2 heteroatoms. The maximum absolute atomic E-state index is 10.7. The minimum atomic E-state index is 0.223. The molecular formula is C11H15NO. The zero-order chi connectivity index (χ0) is 9.68. The summed E-state index contributed by atoms with van der Waals surface area (Å²) in [6.45, 7) is 3.71.